The predicted molar refractivity (Wildman–Crippen MR) is 81.7 cm³/mol. The lowest BCUT2D eigenvalue weighted by Crippen LogP contribution is -2.13. The molecule has 0 saturated heterocycles. The van der Waals surface area contributed by atoms with Crippen LogP contribution in [0.15, 0.2) is 30.5 Å². The number of rotatable bonds is 6. The quantitative estimate of drug-likeness (QED) is 0.858. The van der Waals surface area contributed by atoms with E-state index in [0.717, 1.165) is 18.7 Å². The number of nitrogens with two attached hydrogens (primary N) is 1. The molecule has 5 heteroatoms. The lowest BCUT2D eigenvalue weighted by molar-refractivity contribution is 0.1000. The minimum Gasteiger partial charge on any atom is -0.379 e. The van der Waals surface area contributed by atoms with Crippen molar-refractivity contribution in [1.29, 1.82) is 0 Å². The summed E-state index contributed by atoms with van der Waals surface area (Å²) in [5, 5.41) is 3.18. The van der Waals surface area contributed by atoms with E-state index in [9.17, 15) is 9.18 Å². The molecule has 1 aromatic carbocycles. The molecular formula is C16H20FN3O. The van der Waals surface area contributed by atoms with Gasteiger partial charge in [0.25, 0.3) is 0 Å². The van der Waals surface area contributed by atoms with Gasteiger partial charge < -0.3 is 15.6 Å². The molecule has 0 radical (unpaired) electrons. The second-order valence-electron chi connectivity index (χ2n) is 5.04. The number of primary amides is 1. The van der Waals surface area contributed by atoms with Gasteiger partial charge in [-0.1, -0.05) is 6.92 Å². The van der Waals surface area contributed by atoms with Gasteiger partial charge in [-0.25, -0.2) is 4.39 Å². The second kappa shape index (κ2) is 6.43. The van der Waals surface area contributed by atoms with E-state index in [1.807, 2.05) is 18.3 Å². The first-order chi connectivity index (χ1) is 10.0. The monoisotopic (exact) mass is 289 g/mol. The topological polar surface area (TPSA) is 60.1 Å². The van der Waals surface area contributed by atoms with Gasteiger partial charge in [0.15, 0.2) is 0 Å². The number of halogens is 1. The molecule has 0 saturated carbocycles. The number of hydrogen-bond acceptors (Lipinski definition) is 2. The third kappa shape index (κ3) is 3.42. The van der Waals surface area contributed by atoms with Gasteiger partial charge >= 0.3 is 0 Å². The van der Waals surface area contributed by atoms with Crippen molar-refractivity contribution < 1.29 is 9.18 Å². The third-order valence-electron chi connectivity index (χ3n) is 3.48. The first-order valence-electron chi connectivity index (χ1n) is 7.00. The van der Waals surface area contributed by atoms with Crippen molar-refractivity contribution >= 4 is 11.6 Å². The van der Waals surface area contributed by atoms with Crippen molar-refractivity contribution in [2.24, 2.45) is 5.73 Å². The SMILES string of the molecule is CCCn1cccc1CNc1cc(C(N)=O)cc(F)c1C. The Labute approximate surface area is 123 Å². The molecule has 21 heavy (non-hydrogen) atoms. The number of hydrogen-bond donors (Lipinski definition) is 2. The zero-order valence-corrected chi connectivity index (χ0v) is 12.3. The highest BCUT2D eigenvalue weighted by Crippen LogP contribution is 2.21. The largest absolute Gasteiger partial charge is 0.379 e. The van der Waals surface area contributed by atoms with Crippen molar-refractivity contribution in [1.82, 2.24) is 4.57 Å². The van der Waals surface area contributed by atoms with Gasteiger partial charge in [-0.15, -0.1) is 0 Å². The van der Waals surface area contributed by atoms with E-state index < -0.39 is 11.7 Å². The molecule has 112 valence electrons. The zero-order chi connectivity index (χ0) is 15.4. The Hall–Kier alpha value is -2.30. The van der Waals surface area contributed by atoms with Crippen LogP contribution < -0.4 is 11.1 Å². The fourth-order valence-corrected chi connectivity index (χ4v) is 2.26. The first kappa shape index (κ1) is 15.1. The maximum absolute atomic E-state index is 13.8. The number of amides is 1. The van der Waals surface area contributed by atoms with Crippen LogP contribution in [0.4, 0.5) is 10.1 Å². The molecule has 0 unspecified atom stereocenters. The molecule has 0 aliphatic rings. The summed E-state index contributed by atoms with van der Waals surface area (Å²) >= 11 is 0. The van der Waals surface area contributed by atoms with E-state index in [1.165, 1.54) is 6.07 Å². The number of anilines is 1. The molecule has 4 nitrogen and oxygen atoms in total. The number of nitrogens with one attached hydrogen (secondary N) is 1. The van der Waals surface area contributed by atoms with E-state index in [-0.39, 0.29) is 5.56 Å². The minimum absolute atomic E-state index is 0.171. The number of benzene rings is 1. The van der Waals surface area contributed by atoms with Crippen molar-refractivity contribution in [2.75, 3.05) is 5.32 Å². The zero-order valence-electron chi connectivity index (χ0n) is 12.3. The highest BCUT2D eigenvalue weighted by molar-refractivity contribution is 5.94. The van der Waals surface area contributed by atoms with Gasteiger partial charge in [0.05, 0.1) is 6.54 Å². The van der Waals surface area contributed by atoms with Crippen molar-refractivity contribution in [3.8, 4) is 0 Å². The van der Waals surface area contributed by atoms with E-state index in [0.29, 0.717) is 17.8 Å². The van der Waals surface area contributed by atoms with E-state index >= 15 is 0 Å². The Morgan fingerprint density at radius 1 is 1.43 bits per heavy atom. The molecule has 0 atom stereocenters. The number of carbonyl (C=O) groups excluding carboxylic acids is 1. The van der Waals surface area contributed by atoms with Crippen LogP contribution >= 0.6 is 0 Å². The Kier molecular flexibility index (Phi) is 4.62. The van der Waals surface area contributed by atoms with Crippen LogP contribution in [0.5, 0.6) is 0 Å². The molecule has 0 bridgehead atoms. The maximum Gasteiger partial charge on any atom is 0.248 e. The molecule has 2 aromatic rings. The molecular weight excluding hydrogens is 269 g/mol. The van der Waals surface area contributed by atoms with Gasteiger partial charge in [0.1, 0.15) is 5.82 Å². The molecule has 1 heterocycles. The van der Waals surface area contributed by atoms with Gasteiger partial charge in [-0.3, -0.25) is 4.79 Å². The molecule has 0 fully saturated rings. The lowest BCUT2D eigenvalue weighted by Gasteiger charge is -2.13. The molecule has 1 aromatic heterocycles. The highest BCUT2D eigenvalue weighted by Gasteiger charge is 2.10. The molecule has 0 aliphatic carbocycles. The van der Waals surface area contributed by atoms with Gasteiger partial charge in [-0.05, 0) is 37.6 Å². The first-order valence-corrected chi connectivity index (χ1v) is 7.00. The maximum atomic E-state index is 13.8. The average molecular weight is 289 g/mol. The summed E-state index contributed by atoms with van der Waals surface area (Å²) in [6, 6.07) is 6.77. The smallest absolute Gasteiger partial charge is 0.248 e. The van der Waals surface area contributed by atoms with Gasteiger partial charge in [-0.2, -0.15) is 0 Å². The third-order valence-corrected chi connectivity index (χ3v) is 3.48. The van der Waals surface area contributed by atoms with Crippen LogP contribution in [-0.4, -0.2) is 10.5 Å². The molecule has 0 spiro atoms. The summed E-state index contributed by atoms with van der Waals surface area (Å²) in [4.78, 5) is 11.2. The van der Waals surface area contributed by atoms with E-state index in [1.54, 1.807) is 13.0 Å². The summed E-state index contributed by atoms with van der Waals surface area (Å²) in [6.45, 7) is 5.30. The van der Waals surface area contributed by atoms with Crippen LogP contribution in [0.25, 0.3) is 0 Å². The molecule has 1 amide bonds. The van der Waals surface area contributed by atoms with Crippen LogP contribution in [-0.2, 0) is 13.1 Å². The van der Waals surface area contributed by atoms with Crippen LogP contribution in [0.3, 0.4) is 0 Å². The fraction of sp³-hybridized carbons (Fsp3) is 0.312. The molecule has 2 rings (SSSR count). The number of nitrogens with zero attached hydrogens (tertiary/aromatic N) is 1. The van der Waals surface area contributed by atoms with Gasteiger partial charge in [0.2, 0.25) is 5.91 Å². The highest BCUT2D eigenvalue weighted by atomic mass is 19.1. The Morgan fingerprint density at radius 2 is 2.19 bits per heavy atom. The van der Waals surface area contributed by atoms with Crippen molar-refractivity contribution in [3.63, 3.8) is 0 Å². The summed E-state index contributed by atoms with van der Waals surface area (Å²) in [7, 11) is 0. The number of carbonyl (C=O) groups is 1. The second-order valence-corrected chi connectivity index (χ2v) is 5.04. The van der Waals surface area contributed by atoms with E-state index in [4.69, 9.17) is 5.73 Å². The van der Waals surface area contributed by atoms with Crippen molar-refractivity contribution in [2.45, 2.75) is 33.4 Å². The van der Waals surface area contributed by atoms with Crippen LogP contribution in [0, 0.1) is 12.7 Å². The Morgan fingerprint density at radius 3 is 2.86 bits per heavy atom. The Bertz CT molecular complexity index is 649. The van der Waals surface area contributed by atoms with E-state index in [2.05, 4.69) is 16.8 Å². The average Bonchev–Trinajstić information content (AvgIpc) is 2.88. The summed E-state index contributed by atoms with van der Waals surface area (Å²) in [5.74, 6) is -1.07. The summed E-state index contributed by atoms with van der Waals surface area (Å²) < 4.78 is 16.0. The predicted octanol–water partition coefficient (Wildman–Crippen LogP) is 3.06. The lowest BCUT2D eigenvalue weighted by atomic mass is 10.1. The van der Waals surface area contributed by atoms with Crippen molar-refractivity contribution in [3.05, 3.63) is 53.1 Å². The minimum atomic E-state index is -0.633. The fourth-order valence-electron chi connectivity index (χ4n) is 2.26. The number of aromatic nitrogens is 1. The Balaban J connectivity index is 2.19. The van der Waals surface area contributed by atoms with Crippen LogP contribution in [0.2, 0.25) is 0 Å². The van der Waals surface area contributed by atoms with Crippen LogP contribution in [0.1, 0.15) is 35.0 Å². The molecule has 3 N–H and O–H groups in total. The normalized spacial score (nSPS) is 10.6. The molecule has 0 aliphatic heterocycles. The summed E-state index contributed by atoms with van der Waals surface area (Å²) in [5.41, 5.74) is 7.57. The summed E-state index contributed by atoms with van der Waals surface area (Å²) in [6.07, 6.45) is 3.07. The number of aryl methyl sites for hydroxylation is 1. The van der Waals surface area contributed by atoms with Gasteiger partial charge in [0, 0.05) is 35.2 Å². The standard InChI is InChI=1S/C16H20FN3O/c1-3-6-20-7-4-5-13(20)10-19-15-9-12(16(18)21)8-14(17)11(15)2/h4-5,7-9,19H,3,6,10H2,1-2H3,(H2,18,21).